The van der Waals surface area contributed by atoms with Crippen molar-refractivity contribution in [2.24, 2.45) is 0 Å². The van der Waals surface area contributed by atoms with Crippen LogP contribution in [0.4, 0.5) is 17.3 Å². The van der Waals surface area contributed by atoms with Crippen molar-refractivity contribution in [2.45, 2.75) is 6.92 Å². The first kappa shape index (κ1) is 11.8. The van der Waals surface area contributed by atoms with E-state index in [0.29, 0.717) is 5.69 Å². The van der Waals surface area contributed by atoms with Gasteiger partial charge in [-0.2, -0.15) is 0 Å². The Bertz CT molecular complexity index is 605. The van der Waals surface area contributed by atoms with Crippen molar-refractivity contribution in [3.8, 4) is 0 Å². The lowest BCUT2D eigenvalue weighted by atomic mass is 10.3. The molecule has 0 atom stereocenters. The smallest absolute Gasteiger partial charge is 0.271 e. The molecule has 18 heavy (non-hydrogen) atoms. The third-order valence-electron chi connectivity index (χ3n) is 2.04. The van der Waals surface area contributed by atoms with Crippen LogP contribution in [0.3, 0.4) is 0 Å². The third-order valence-corrected chi connectivity index (χ3v) is 2.04. The monoisotopic (exact) mass is 245 g/mol. The van der Waals surface area contributed by atoms with Gasteiger partial charge in [0, 0.05) is 18.3 Å². The Morgan fingerprint density at radius 3 is 2.50 bits per heavy atom. The highest BCUT2D eigenvalue weighted by Gasteiger charge is 1.99. The number of hydrogen-bond acceptors (Lipinski definition) is 5. The van der Waals surface area contributed by atoms with Crippen LogP contribution in [0, 0.1) is 0 Å². The molecule has 3 N–H and O–H groups in total. The largest absolute Gasteiger partial charge is 0.326 e. The molecular weight excluding hydrogens is 234 g/mol. The van der Waals surface area contributed by atoms with Gasteiger partial charge in [-0.05, 0) is 24.3 Å². The van der Waals surface area contributed by atoms with Crippen LogP contribution in [0.5, 0.6) is 0 Å². The molecule has 7 heteroatoms. The van der Waals surface area contributed by atoms with E-state index in [1.807, 2.05) is 0 Å². The first-order chi connectivity index (χ1) is 8.63. The number of amides is 1. The highest BCUT2D eigenvalue weighted by molar-refractivity contribution is 5.88. The fourth-order valence-corrected chi connectivity index (χ4v) is 1.35. The molecule has 1 aromatic carbocycles. The number of aromatic nitrogens is 3. The average Bonchev–Trinajstić information content (AvgIpc) is 2.31. The molecule has 7 nitrogen and oxygen atoms in total. The SMILES string of the molecule is CC(=O)Nc1ccc(Nc2nncc(=O)[nH]2)cc1. The van der Waals surface area contributed by atoms with Gasteiger partial charge in [-0.3, -0.25) is 14.6 Å². The molecule has 1 heterocycles. The second-order valence-electron chi connectivity index (χ2n) is 3.57. The summed E-state index contributed by atoms with van der Waals surface area (Å²) in [5, 5.41) is 12.8. The molecule has 1 amide bonds. The second kappa shape index (κ2) is 5.09. The maximum Gasteiger partial charge on any atom is 0.271 e. The van der Waals surface area contributed by atoms with Gasteiger partial charge in [-0.15, -0.1) is 10.2 Å². The van der Waals surface area contributed by atoms with E-state index >= 15 is 0 Å². The minimum absolute atomic E-state index is 0.131. The number of nitrogens with one attached hydrogen (secondary N) is 3. The summed E-state index contributed by atoms with van der Waals surface area (Å²) < 4.78 is 0. The number of rotatable bonds is 3. The van der Waals surface area contributed by atoms with E-state index in [1.54, 1.807) is 24.3 Å². The highest BCUT2D eigenvalue weighted by Crippen LogP contribution is 2.15. The fraction of sp³-hybridized carbons (Fsp3) is 0.0909. The first-order valence-corrected chi connectivity index (χ1v) is 5.20. The molecule has 0 aliphatic heterocycles. The predicted octanol–water partition coefficient (Wildman–Crippen LogP) is 0.867. The van der Waals surface area contributed by atoms with E-state index in [-0.39, 0.29) is 17.4 Å². The van der Waals surface area contributed by atoms with Gasteiger partial charge < -0.3 is 10.6 Å². The summed E-state index contributed by atoms with van der Waals surface area (Å²) in [5.41, 5.74) is 1.09. The Hall–Kier alpha value is -2.70. The minimum atomic E-state index is -0.331. The topological polar surface area (TPSA) is 99.8 Å². The van der Waals surface area contributed by atoms with E-state index < -0.39 is 0 Å². The van der Waals surface area contributed by atoms with Crippen LogP contribution < -0.4 is 16.2 Å². The van der Waals surface area contributed by atoms with Gasteiger partial charge in [0.15, 0.2) is 0 Å². The summed E-state index contributed by atoms with van der Waals surface area (Å²) in [7, 11) is 0. The van der Waals surface area contributed by atoms with Crippen LogP contribution in [0.2, 0.25) is 0 Å². The van der Waals surface area contributed by atoms with Crippen LogP contribution >= 0.6 is 0 Å². The maximum atomic E-state index is 11.0. The number of aromatic amines is 1. The molecule has 2 aromatic rings. The van der Waals surface area contributed by atoms with E-state index in [0.717, 1.165) is 11.9 Å². The van der Waals surface area contributed by atoms with Crippen LogP contribution in [-0.4, -0.2) is 21.1 Å². The average molecular weight is 245 g/mol. The number of nitrogens with zero attached hydrogens (tertiary/aromatic N) is 2. The normalized spacial score (nSPS) is 9.83. The molecule has 0 aliphatic carbocycles. The van der Waals surface area contributed by atoms with Gasteiger partial charge in [-0.1, -0.05) is 0 Å². The molecule has 0 spiro atoms. The summed E-state index contributed by atoms with van der Waals surface area (Å²) in [6.45, 7) is 1.44. The van der Waals surface area contributed by atoms with Crippen molar-refractivity contribution < 1.29 is 4.79 Å². The Balaban J connectivity index is 2.11. The van der Waals surface area contributed by atoms with Gasteiger partial charge in [0.05, 0.1) is 0 Å². The predicted molar refractivity (Wildman–Crippen MR) is 66.7 cm³/mol. The van der Waals surface area contributed by atoms with Gasteiger partial charge in [0.1, 0.15) is 6.20 Å². The van der Waals surface area contributed by atoms with E-state index in [2.05, 4.69) is 25.8 Å². The number of carbonyl (C=O) groups excluding carboxylic acids is 1. The van der Waals surface area contributed by atoms with Crippen molar-refractivity contribution in [3.05, 3.63) is 40.8 Å². The number of anilines is 3. The van der Waals surface area contributed by atoms with Crippen molar-refractivity contribution in [2.75, 3.05) is 10.6 Å². The zero-order chi connectivity index (χ0) is 13.0. The Morgan fingerprint density at radius 2 is 1.89 bits per heavy atom. The third kappa shape index (κ3) is 3.14. The van der Waals surface area contributed by atoms with Crippen molar-refractivity contribution in [3.63, 3.8) is 0 Å². The lowest BCUT2D eigenvalue weighted by Gasteiger charge is -2.06. The van der Waals surface area contributed by atoms with E-state index in [1.165, 1.54) is 6.92 Å². The molecule has 0 unspecified atom stereocenters. The molecule has 0 saturated heterocycles. The summed E-state index contributed by atoms with van der Waals surface area (Å²) in [4.78, 5) is 24.3. The quantitative estimate of drug-likeness (QED) is 0.745. The van der Waals surface area contributed by atoms with Crippen molar-refractivity contribution in [1.29, 1.82) is 0 Å². The van der Waals surface area contributed by atoms with Gasteiger partial charge in [0.2, 0.25) is 11.9 Å². The Labute approximate surface area is 102 Å². The fourth-order valence-electron chi connectivity index (χ4n) is 1.35. The second-order valence-corrected chi connectivity index (χ2v) is 3.57. The summed E-state index contributed by atoms with van der Waals surface area (Å²) in [6.07, 6.45) is 1.09. The standard InChI is InChI=1S/C11H11N5O2/c1-7(17)13-8-2-4-9(5-3-8)14-11-15-10(18)6-12-16-11/h2-6H,1H3,(H,13,17)(H2,14,15,16,18). The van der Waals surface area contributed by atoms with Crippen LogP contribution in [0.15, 0.2) is 35.3 Å². The summed E-state index contributed by atoms with van der Waals surface area (Å²) in [6, 6.07) is 6.97. The summed E-state index contributed by atoms with van der Waals surface area (Å²) in [5.74, 6) is 0.128. The number of H-pyrrole nitrogens is 1. The van der Waals surface area contributed by atoms with Gasteiger partial charge in [0.25, 0.3) is 5.56 Å². The molecule has 0 fully saturated rings. The zero-order valence-electron chi connectivity index (χ0n) is 9.60. The van der Waals surface area contributed by atoms with Crippen LogP contribution in [0.25, 0.3) is 0 Å². The molecule has 1 aromatic heterocycles. The number of hydrogen-bond donors (Lipinski definition) is 3. The van der Waals surface area contributed by atoms with Gasteiger partial charge >= 0.3 is 0 Å². The zero-order valence-corrected chi connectivity index (χ0v) is 9.60. The first-order valence-electron chi connectivity index (χ1n) is 5.20. The summed E-state index contributed by atoms with van der Waals surface area (Å²) >= 11 is 0. The van der Waals surface area contributed by atoms with Gasteiger partial charge in [-0.25, -0.2) is 0 Å². The molecular formula is C11H11N5O2. The Kier molecular flexibility index (Phi) is 3.33. The Morgan fingerprint density at radius 1 is 1.22 bits per heavy atom. The molecule has 0 bridgehead atoms. The van der Waals surface area contributed by atoms with E-state index in [9.17, 15) is 9.59 Å². The van der Waals surface area contributed by atoms with Crippen LogP contribution in [-0.2, 0) is 4.79 Å². The molecule has 92 valence electrons. The molecule has 0 aliphatic rings. The van der Waals surface area contributed by atoms with Crippen LogP contribution in [0.1, 0.15) is 6.92 Å². The lowest BCUT2D eigenvalue weighted by molar-refractivity contribution is -0.114. The van der Waals surface area contributed by atoms with Crippen molar-refractivity contribution >= 4 is 23.2 Å². The van der Waals surface area contributed by atoms with E-state index in [4.69, 9.17) is 0 Å². The molecule has 2 rings (SSSR count). The van der Waals surface area contributed by atoms with Crippen molar-refractivity contribution in [1.82, 2.24) is 15.2 Å². The molecule has 0 saturated carbocycles. The highest BCUT2D eigenvalue weighted by atomic mass is 16.1. The number of benzene rings is 1. The minimum Gasteiger partial charge on any atom is -0.326 e. The number of carbonyl (C=O) groups is 1. The lowest BCUT2D eigenvalue weighted by Crippen LogP contribution is -2.10. The maximum absolute atomic E-state index is 11.0. The molecule has 0 radical (unpaired) electrons.